The minimum Gasteiger partial charge on any atom is -0.389 e. The molecular weight excluding hydrogens is 294 g/mol. The first-order chi connectivity index (χ1) is 10.1. The predicted molar refractivity (Wildman–Crippen MR) is 82.1 cm³/mol. The van der Waals surface area contributed by atoms with Crippen LogP contribution in [0.1, 0.15) is 19.3 Å². The number of nitrogens with zero attached hydrogens (tertiary/aromatic N) is 5. The average Bonchev–Trinajstić information content (AvgIpc) is 2.47. The molecule has 1 aliphatic heterocycles. The minimum absolute atomic E-state index is 0.175. The Morgan fingerprint density at radius 1 is 1.29 bits per heavy atom. The molecular formula is C13H22ClN5O2. The Bertz CT molecular complexity index is 456. The third-order valence-corrected chi connectivity index (χ3v) is 3.58. The van der Waals surface area contributed by atoms with Gasteiger partial charge < -0.3 is 19.6 Å². The van der Waals surface area contributed by atoms with Gasteiger partial charge in [0.2, 0.25) is 17.2 Å². The summed E-state index contributed by atoms with van der Waals surface area (Å²) in [5, 5.41) is 9.96. The maximum Gasteiger partial charge on any atom is 0.231 e. The highest BCUT2D eigenvalue weighted by Gasteiger charge is 2.18. The molecule has 0 saturated carbocycles. The SMILES string of the molecule is COCC(O)CN(C)c1nc(Cl)nc(N2CCCCC2)n1. The molecule has 8 heteroatoms. The van der Waals surface area contributed by atoms with Gasteiger partial charge in [-0.05, 0) is 30.9 Å². The third-order valence-electron chi connectivity index (χ3n) is 3.41. The van der Waals surface area contributed by atoms with E-state index in [0.717, 1.165) is 25.9 Å². The lowest BCUT2D eigenvalue weighted by Gasteiger charge is -2.27. The lowest BCUT2D eigenvalue weighted by atomic mass is 10.1. The number of hydrogen-bond acceptors (Lipinski definition) is 7. The highest BCUT2D eigenvalue weighted by atomic mass is 35.5. The maximum atomic E-state index is 9.79. The van der Waals surface area contributed by atoms with Gasteiger partial charge in [0.05, 0.1) is 12.7 Å². The van der Waals surface area contributed by atoms with Gasteiger partial charge in [-0.2, -0.15) is 15.0 Å². The molecule has 1 saturated heterocycles. The zero-order valence-corrected chi connectivity index (χ0v) is 13.3. The summed E-state index contributed by atoms with van der Waals surface area (Å²) in [5.41, 5.74) is 0. The van der Waals surface area contributed by atoms with Gasteiger partial charge in [-0.25, -0.2) is 0 Å². The summed E-state index contributed by atoms with van der Waals surface area (Å²) >= 11 is 6.01. The molecule has 0 aromatic carbocycles. The summed E-state index contributed by atoms with van der Waals surface area (Å²) in [5.74, 6) is 1.07. The average molecular weight is 316 g/mol. The Morgan fingerprint density at radius 2 is 2.00 bits per heavy atom. The van der Waals surface area contributed by atoms with E-state index in [1.807, 2.05) is 7.05 Å². The normalized spacial score (nSPS) is 16.9. The first kappa shape index (κ1) is 16.2. The van der Waals surface area contributed by atoms with Crippen molar-refractivity contribution in [1.82, 2.24) is 15.0 Å². The van der Waals surface area contributed by atoms with Gasteiger partial charge in [-0.1, -0.05) is 0 Å². The van der Waals surface area contributed by atoms with Crippen LogP contribution in [0.3, 0.4) is 0 Å². The fourth-order valence-corrected chi connectivity index (χ4v) is 2.53. The highest BCUT2D eigenvalue weighted by Crippen LogP contribution is 2.19. The van der Waals surface area contributed by atoms with Gasteiger partial charge in [0.25, 0.3) is 0 Å². The topological polar surface area (TPSA) is 74.6 Å². The number of halogens is 1. The summed E-state index contributed by atoms with van der Waals surface area (Å²) < 4.78 is 4.92. The fourth-order valence-electron chi connectivity index (χ4n) is 2.38. The van der Waals surface area contributed by atoms with Crippen LogP contribution < -0.4 is 9.80 Å². The Labute approximate surface area is 129 Å². The van der Waals surface area contributed by atoms with Gasteiger partial charge >= 0.3 is 0 Å². The van der Waals surface area contributed by atoms with Crippen LogP contribution in [0.25, 0.3) is 0 Å². The molecule has 0 amide bonds. The van der Waals surface area contributed by atoms with Crippen molar-refractivity contribution in [2.24, 2.45) is 0 Å². The van der Waals surface area contributed by atoms with E-state index in [2.05, 4.69) is 19.9 Å². The Kier molecular flexibility index (Phi) is 5.96. The van der Waals surface area contributed by atoms with Gasteiger partial charge in [0, 0.05) is 33.8 Å². The lowest BCUT2D eigenvalue weighted by Crippen LogP contribution is -2.35. The largest absolute Gasteiger partial charge is 0.389 e. The van der Waals surface area contributed by atoms with Crippen molar-refractivity contribution in [2.45, 2.75) is 25.4 Å². The van der Waals surface area contributed by atoms with Gasteiger partial charge in [-0.15, -0.1) is 0 Å². The smallest absolute Gasteiger partial charge is 0.231 e. The number of methoxy groups -OCH3 is 1. The van der Waals surface area contributed by atoms with E-state index in [0.29, 0.717) is 18.4 Å². The number of hydrogen-bond donors (Lipinski definition) is 1. The Morgan fingerprint density at radius 3 is 2.67 bits per heavy atom. The highest BCUT2D eigenvalue weighted by molar-refractivity contribution is 6.28. The number of rotatable bonds is 6. The molecule has 2 rings (SSSR count). The van der Waals surface area contributed by atoms with E-state index in [4.69, 9.17) is 16.3 Å². The zero-order chi connectivity index (χ0) is 15.2. The van der Waals surface area contributed by atoms with Crippen molar-refractivity contribution in [1.29, 1.82) is 0 Å². The standard InChI is InChI=1S/C13H22ClN5O2/c1-18(8-10(20)9-21-2)12-15-11(14)16-13(17-12)19-6-4-3-5-7-19/h10,20H,3-9H2,1-2H3. The second kappa shape index (κ2) is 7.72. The number of aliphatic hydroxyl groups is 1. The molecule has 118 valence electrons. The number of ether oxygens (including phenoxy) is 1. The third kappa shape index (κ3) is 4.66. The van der Waals surface area contributed by atoms with E-state index < -0.39 is 6.10 Å². The summed E-state index contributed by atoms with van der Waals surface area (Å²) in [6, 6.07) is 0. The van der Waals surface area contributed by atoms with Crippen LogP contribution in [-0.4, -0.2) is 66.6 Å². The summed E-state index contributed by atoms with van der Waals surface area (Å²) in [6.45, 7) is 2.52. The van der Waals surface area contributed by atoms with Gasteiger partial charge in [-0.3, -0.25) is 0 Å². The molecule has 2 heterocycles. The van der Waals surface area contributed by atoms with Crippen LogP contribution in [0.4, 0.5) is 11.9 Å². The van der Waals surface area contributed by atoms with Crippen LogP contribution >= 0.6 is 11.6 Å². The maximum absolute atomic E-state index is 9.79. The van der Waals surface area contributed by atoms with E-state index >= 15 is 0 Å². The van der Waals surface area contributed by atoms with E-state index in [9.17, 15) is 5.11 Å². The molecule has 1 aliphatic rings. The molecule has 0 bridgehead atoms. The van der Waals surface area contributed by atoms with Crippen LogP contribution in [0, 0.1) is 0 Å². The molecule has 21 heavy (non-hydrogen) atoms. The summed E-state index contributed by atoms with van der Waals surface area (Å²) in [7, 11) is 3.36. The molecule has 1 aromatic heterocycles. The summed E-state index contributed by atoms with van der Waals surface area (Å²) in [6.07, 6.45) is 2.92. The zero-order valence-electron chi connectivity index (χ0n) is 12.5. The van der Waals surface area contributed by atoms with Crippen molar-refractivity contribution < 1.29 is 9.84 Å². The van der Waals surface area contributed by atoms with Crippen LogP contribution in [-0.2, 0) is 4.74 Å². The second-order valence-corrected chi connectivity index (χ2v) is 5.58. The van der Waals surface area contributed by atoms with E-state index in [-0.39, 0.29) is 11.9 Å². The van der Waals surface area contributed by atoms with Crippen molar-refractivity contribution in [3.8, 4) is 0 Å². The van der Waals surface area contributed by atoms with Gasteiger partial charge in [0.1, 0.15) is 0 Å². The first-order valence-electron chi connectivity index (χ1n) is 7.15. The molecule has 1 unspecified atom stereocenters. The Hall–Kier alpha value is -1.18. The number of likely N-dealkylation sites (N-methyl/N-ethyl adjacent to an activating group) is 1. The quantitative estimate of drug-likeness (QED) is 0.838. The fraction of sp³-hybridized carbons (Fsp3) is 0.769. The van der Waals surface area contributed by atoms with Crippen molar-refractivity contribution in [3.63, 3.8) is 0 Å². The molecule has 0 radical (unpaired) electrons. The van der Waals surface area contributed by atoms with Crippen molar-refractivity contribution in [2.75, 3.05) is 50.2 Å². The molecule has 0 aliphatic carbocycles. The predicted octanol–water partition coefficient (Wildman–Crippen LogP) is 0.959. The second-order valence-electron chi connectivity index (χ2n) is 5.24. The van der Waals surface area contributed by atoms with Crippen molar-refractivity contribution >= 4 is 23.5 Å². The number of anilines is 2. The summed E-state index contributed by atoms with van der Waals surface area (Å²) in [4.78, 5) is 16.7. The van der Waals surface area contributed by atoms with Crippen molar-refractivity contribution in [3.05, 3.63) is 5.28 Å². The molecule has 1 atom stereocenters. The van der Waals surface area contributed by atoms with E-state index in [1.54, 1.807) is 12.0 Å². The first-order valence-corrected chi connectivity index (χ1v) is 7.52. The molecule has 1 aromatic rings. The van der Waals surface area contributed by atoms with E-state index in [1.165, 1.54) is 6.42 Å². The lowest BCUT2D eigenvalue weighted by molar-refractivity contribution is 0.0693. The molecule has 1 N–H and O–H groups in total. The monoisotopic (exact) mass is 315 g/mol. The molecule has 0 spiro atoms. The molecule has 7 nitrogen and oxygen atoms in total. The number of aliphatic hydroxyl groups excluding tert-OH is 1. The number of aromatic nitrogens is 3. The van der Waals surface area contributed by atoms with Crippen LogP contribution in [0.15, 0.2) is 0 Å². The van der Waals surface area contributed by atoms with Crippen LogP contribution in [0.2, 0.25) is 5.28 Å². The minimum atomic E-state index is -0.603. The number of piperidine rings is 1. The Balaban J connectivity index is 2.10. The van der Waals surface area contributed by atoms with Crippen LogP contribution in [0.5, 0.6) is 0 Å². The van der Waals surface area contributed by atoms with Gasteiger partial charge in [0.15, 0.2) is 0 Å². The molecule has 1 fully saturated rings.